The molecule has 0 bridgehead atoms. The maximum Gasteiger partial charge on any atom is 0.409 e. The van der Waals surface area contributed by atoms with Gasteiger partial charge in [0.15, 0.2) is 0 Å². The van der Waals surface area contributed by atoms with Gasteiger partial charge in [-0.15, -0.1) is 0 Å². The molecule has 0 aliphatic heterocycles. The summed E-state index contributed by atoms with van der Waals surface area (Å²) in [5.74, 6) is 0. The Balaban J connectivity index is 2.31. The average Bonchev–Trinajstić information content (AvgIpc) is 2.04. The Labute approximate surface area is 79.0 Å². The van der Waals surface area contributed by atoms with E-state index in [0.29, 0.717) is 0 Å². The van der Waals surface area contributed by atoms with Crippen molar-refractivity contribution < 1.29 is 9.53 Å². The molecular weight excluding hydrogens is 168 g/mol. The van der Waals surface area contributed by atoms with Gasteiger partial charge in [0.05, 0.1) is 0 Å². The number of amides is 1. The van der Waals surface area contributed by atoms with Crippen molar-refractivity contribution >= 4 is 6.09 Å². The van der Waals surface area contributed by atoms with E-state index < -0.39 is 0 Å². The van der Waals surface area contributed by atoms with Gasteiger partial charge >= 0.3 is 6.09 Å². The van der Waals surface area contributed by atoms with E-state index >= 15 is 0 Å². The molecule has 2 unspecified atom stereocenters. The fraction of sp³-hybridized carbons (Fsp3) is 0.889. The van der Waals surface area contributed by atoms with Gasteiger partial charge in [-0.25, -0.2) is 4.79 Å². The first-order valence-electron chi connectivity index (χ1n) is 4.73. The summed E-state index contributed by atoms with van der Waals surface area (Å²) in [4.78, 5) is 12.6. The maximum atomic E-state index is 11.2. The van der Waals surface area contributed by atoms with Crippen LogP contribution in [-0.2, 0) is 4.74 Å². The SMILES string of the molecule is CN(C)C(=O)OC1CCCC(N)C1. The van der Waals surface area contributed by atoms with Gasteiger partial charge in [-0.3, -0.25) is 0 Å². The molecule has 2 atom stereocenters. The average molecular weight is 186 g/mol. The third-order valence-electron chi connectivity index (χ3n) is 2.30. The summed E-state index contributed by atoms with van der Waals surface area (Å²) in [7, 11) is 3.37. The van der Waals surface area contributed by atoms with E-state index in [1.807, 2.05) is 0 Å². The lowest BCUT2D eigenvalue weighted by Crippen LogP contribution is -2.35. The summed E-state index contributed by atoms with van der Waals surface area (Å²) in [5, 5.41) is 0. The van der Waals surface area contributed by atoms with Crippen LogP contribution in [-0.4, -0.2) is 37.2 Å². The van der Waals surface area contributed by atoms with Gasteiger partial charge < -0.3 is 15.4 Å². The first-order valence-corrected chi connectivity index (χ1v) is 4.73. The Bertz CT molecular complexity index is 182. The molecule has 0 radical (unpaired) electrons. The zero-order chi connectivity index (χ0) is 9.84. The molecule has 4 heteroatoms. The van der Waals surface area contributed by atoms with Crippen molar-refractivity contribution in [1.29, 1.82) is 0 Å². The van der Waals surface area contributed by atoms with Gasteiger partial charge in [0.2, 0.25) is 0 Å². The van der Waals surface area contributed by atoms with E-state index in [2.05, 4.69) is 0 Å². The maximum absolute atomic E-state index is 11.2. The minimum Gasteiger partial charge on any atom is -0.446 e. The quantitative estimate of drug-likeness (QED) is 0.663. The highest BCUT2D eigenvalue weighted by molar-refractivity contribution is 5.66. The van der Waals surface area contributed by atoms with Gasteiger partial charge in [0, 0.05) is 20.1 Å². The number of rotatable bonds is 1. The van der Waals surface area contributed by atoms with Crippen LogP contribution in [0.3, 0.4) is 0 Å². The van der Waals surface area contributed by atoms with Gasteiger partial charge in [0.1, 0.15) is 6.10 Å². The Morgan fingerprint density at radius 3 is 2.69 bits per heavy atom. The highest BCUT2D eigenvalue weighted by Crippen LogP contribution is 2.20. The first kappa shape index (κ1) is 10.3. The molecule has 13 heavy (non-hydrogen) atoms. The van der Waals surface area contributed by atoms with Crippen LogP contribution in [0.2, 0.25) is 0 Å². The van der Waals surface area contributed by atoms with E-state index in [4.69, 9.17) is 10.5 Å². The van der Waals surface area contributed by atoms with Crippen LogP contribution < -0.4 is 5.73 Å². The number of carbonyl (C=O) groups is 1. The largest absolute Gasteiger partial charge is 0.446 e. The second kappa shape index (κ2) is 4.46. The van der Waals surface area contributed by atoms with Gasteiger partial charge in [-0.1, -0.05) is 0 Å². The lowest BCUT2D eigenvalue weighted by molar-refractivity contribution is 0.0518. The molecule has 1 aliphatic carbocycles. The highest BCUT2D eigenvalue weighted by atomic mass is 16.6. The Morgan fingerprint density at radius 1 is 1.46 bits per heavy atom. The molecular formula is C9H18N2O2. The molecule has 1 amide bonds. The zero-order valence-electron chi connectivity index (χ0n) is 8.32. The number of hydrogen-bond acceptors (Lipinski definition) is 3. The predicted octanol–water partition coefficient (Wildman–Crippen LogP) is 0.955. The molecule has 0 aromatic carbocycles. The summed E-state index contributed by atoms with van der Waals surface area (Å²) in [6.07, 6.45) is 3.63. The van der Waals surface area contributed by atoms with Crippen LogP contribution in [0.15, 0.2) is 0 Å². The molecule has 1 rings (SSSR count). The first-order chi connectivity index (χ1) is 6.09. The summed E-state index contributed by atoms with van der Waals surface area (Å²) < 4.78 is 5.23. The zero-order valence-corrected chi connectivity index (χ0v) is 8.32. The van der Waals surface area contributed by atoms with Crippen molar-refractivity contribution in [3.63, 3.8) is 0 Å². The minimum atomic E-state index is -0.265. The molecule has 0 spiro atoms. The van der Waals surface area contributed by atoms with Gasteiger partial charge in [0.25, 0.3) is 0 Å². The standard InChI is InChI=1S/C9H18N2O2/c1-11(2)9(12)13-8-5-3-4-7(10)6-8/h7-8H,3-6,10H2,1-2H3. The van der Waals surface area contributed by atoms with Crippen molar-refractivity contribution in [1.82, 2.24) is 4.90 Å². The summed E-state index contributed by atoms with van der Waals surface area (Å²) in [5.41, 5.74) is 5.77. The molecule has 0 heterocycles. The summed E-state index contributed by atoms with van der Waals surface area (Å²) >= 11 is 0. The van der Waals surface area contributed by atoms with Crippen molar-refractivity contribution in [2.75, 3.05) is 14.1 Å². The fourth-order valence-electron chi connectivity index (χ4n) is 1.54. The highest BCUT2D eigenvalue weighted by Gasteiger charge is 2.22. The molecule has 1 saturated carbocycles. The predicted molar refractivity (Wildman–Crippen MR) is 50.4 cm³/mol. The van der Waals surface area contributed by atoms with Gasteiger partial charge in [-0.2, -0.15) is 0 Å². The lowest BCUT2D eigenvalue weighted by atomic mass is 9.94. The number of hydrogen-bond donors (Lipinski definition) is 1. The molecule has 0 aromatic heterocycles. The van der Waals surface area contributed by atoms with Crippen LogP contribution in [0, 0.1) is 0 Å². The molecule has 1 fully saturated rings. The third kappa shape index (κ3) is 3.22. The number of ether oxygens (including phenoxy) is 1. The van der Waals surface area contributed by atoms with Crippen molar-refractivity contribution in [3.8, 4) is 0 Å². The Hall–Kier alpha value is -0.770. The van der Waals surface area contributed by atoms with Crippen molar-refractivity contribution in [2.24, 2.45) is 5.73 Å². The lowest BCUT2D eigenvalue weighted by Gasteiger charge is -2.27. The third-order valence-corrected chi connectivity index (χ3v) is 2.30. The molecule has 0 saturated heterocycles. The Kier molecular flexibility index (Phi) is 3.54. The van der Waals surface area contributed by atoms with Crippen LogP contribution in [0.5, 0.6) is 0 Å². The van der Waals surface area contributed by atoms with Crippen molar-refractivity contribution in [2.45, 2.75) is 37.8 Å². The van der Waals surface area contributed by atoms with E-state index in [1.165, 1.54) is 4.90 Å². The van der Waals surface area contributed by atoms with Crippen LogP contribution in [0.4, 0.5) is 4.79 Å². The number of carbonyl (C=O) groups excluding carboxylic acids is 1. The monoisotopic (exact) mass is 186 g/mol. The molecule has 4 nitrogen and oxygen atoms in total. The normalized spacial score (nSPS) is 28.2. The molecule has 76 valence electrons. The van der Waals surface area contributed by atoms with Crippen LogP contribution in [0.25, 0.3) is 0 Å². The van der Waals surface area contributed by atoms with Gasteiger partial charge in [-0.05, 0) is 25.7 Å². The van der Waals surface area contributed by atoms with E-state index in [9.17, 15) is 4.79 Å². The van der Waals surface area contributed by atoms with Crippen LogP contribution >= 0.6 is 0 Å². The van der Waals surface area contributed by atoms with E-state index in [1.54, 1.807) is 14.1 Å². The fourth-order valence-corrected chi connectivity index (χ4v) is 1.54. The molecule has 2 N–H and O–H groups in total. The Morgan fingerprint density at radius 2 is 2.15 bits per heavy atom. The smallest absolute Gasteiger partial charge is 0.409 e. The van der Waals surface area contributed by atoms with E-state index in [0.717, 1.165) is 25.7 Å². The van der Waals surface area contributed by atoms with Crippen molar-refractivity contribution in [3.05, 3.63) is 0 Å². The molecule has 0 aromatic rings. The second-order valence-corrected chi connectivity index (χ2v) is 3.83. The number of nitrogens with zero attached hydrogens (tertiary/aromatic N) is 1. The molecule has 1 aliphatic rings. The summed E-state index contributed by atoms with van der Waals surface area (Å²) in [6, 6.07) is 0.203. The topological polar surface area (TPSA) is 55.6 Å². The second-order valence-electron chi connectivity index (χ2n) is 3.83. The van der Waals surface area contributed by atoms with Crippen LogP contribution in [0.1, 0.15) is 25.7 Å². The summed E-state index contributed by atoms with van der Waals surface area (Å²) in [6.45, 7) is 0. The number of nitrogens with two attached hydrogens (primary N) is 1. The van der Waals surface area contributed by atoms with E-state index in [-0.39, 0.29) is 18.2 Å². The minimum absolute atomic E-state index is 0.0265.